The smallest absolute Gasteiger partial charge is 0.326 e. The molecule has 3 amide bonds. The number of rotatable bonds is 15. The lowest BCUT2D eigenvalue weighted by atomic mass is 9.81. The zero-order chi connectivity index (χ0) is 44.7. The van der Waals surface area contributed by atoms with Gasteiger partial charge in [-0.2, -0.15) is 0 Å². The Labute approximate surface area is 350 Å². The number of H-pyrrole nitrogens is 2. The van der Waals surface area contributed by atoms with Crippen LogP contribution in [-0.4, -0.2) is 184 Å². The van der Waals surface area contributed by atoms with Crippen molar-refractivity contribution >= 4 is 23.7 Å². The van der Waals surface area contributed by atoms with Gasteiger partial charge in [-0.1, -0.05) is 32.1 Å². The van der Waals surface area contributed by atoms with Crippen LogP contribution in [0.3, 0.4) is 0 Å². The summed E-state index contributed by atoms with van der Waals surface area (Å²) in [4.78, 5) is 83.3. The maximum absolute atomic E-state index is 13.7. The van der Waals surface area contributed by atoms with Gasteiger partial charge in [-0.3, -0.25) is 29.0 Å². The summed E-state index contributed by atoms with van der Waals surface area (Å²) in [7, 11) is 4.23. The van der Waals surface area contributed by atoms with Crippen LogP contribution in [0.15, 0.2) is 15.7 Å². The molecule has 23 nitrogen and oxygen atoms in total. The Morgan fingerprint density at radius 3 is 2.25 bits per heavy atom. The number of nitrogens with one attached hydrogen (secondary N) is 4. The molecule has 4 fully saturated rings. The van der Waals surface area contributed by atoms with Crippen molar-refractivity contribution in [2.45, 2.75) is 144 Å². The SMILES string of the molecule is COC(=O)C1CC(NC(=O)c2cc(=O)[nH]c(=O)[nH]2)[C@@H](O[C@@H]2OC(C)[C@@H](O)[C@H](O)C2O)[C@H](O[C@@H]2O[C@@H](CO)[C@H](O)C(O[C@@H](CC3CCCCC3)C(=O)N(C)C)C2NC(=O)CN)C1. The van der Waals surface area contributed by atoms with Crippen molar-refractivity contribution in [2.75, 3.05) is 34.4 Å². The van der Waals surface area contributed by atoms with E-state index in [1.54, 1.807) is 14.1 Å². The number of methoxy groups -OCH3 is 1. The second kappa shape index (κ2) is 21.5. The number of likely N-dealkylation sites (N-methyl/N-ethyl adjacent to an activating group) is 1. The van der Waals surface area contributed by atoms with E-state index in [0.29, 0.717) is 0 Å². The monoisotopic (exact) mass is 872 g/mol. The summed E-state index contributed by atoms with van der Waals surface area (Å²) in [5, 5.41) is 59.4. The van der Waals surface area contributed by atoms with Crippen molar-refractivity contribution in [3.8, 4) is 0 Å². The quantitative estimate of drug-likeness (QED) is 0.0745. The average Bonchev–Trinajstić information content (AvgIpc) is 3.23. The maximum Gasteiger partial charge on any atom is 0.326 e. The summed E-state index contributed by atoms with van der Waals surface area (Å²) in [6.45, 7) is 0.0689. The van der Waals surface area contributed by atoms with E-state index in [0.717, 1.165) is 45.3 Å². The molecule has 11 N–H and O–H groups in total. The Balaban J connectivity index is 1.56. The van der Waals surface area contributed by atoms with Crippen LogP contribution < -0.4 is 27.6 Å². The number of ether oxygens (including phenoxy) is 6. The fourth-order valence-electron chi connectivity index (χ4n) is 8.48. The molecule has 0 aromatic carbocycles. The van der Waals surface area contributed by atoms with E-state index in [1.165, 1.54) is 11.8 Å². The van der Waals surface area contributed by atoms with Crippen molar-refractivity contribution in [3.63, 3.8) is 0 Å². The molecule has 2 saturated heterocycles. The summed E-state index contributed by atoms with van der Waals surface area (Å²) >= 11 is 0. The zero-order valence-electron chi connectivity index (χ0n) is 34.5. The van der Waals surface area contributed by atoms with E-state index >= 15 is 0 Å². The van der Waals surface area contributed by atoms with Crippen LogP contribution in [0.2, 0.25) is 0 Å². The standard InChI is InChI=1S/C38H60N6O17/c1-16-27(48)29(50)30(51)37(57-16)61-31-19(40-33(52)20-13-24(46)43-38(55)41-20)11-18(35(54)56-4)12-21(31)59-36-26(42-25(47)14-39)32(28(49)23(15-45)60-36)58-22(34(53)44(2)3)10-17-8-6-5-7-9-17/h13,16-19,21-23,26-32,36-37,45,48-51H,5-12,14-15,39H2,1-4H3,(H,40,52)(H,42,47)(H2,41,43,46,55)/t16?,18?,19?,21-,22+,23+,26?,27-,28+,29+,30?,31-,32?,36-,37+/m1/s1. The predicted octanol–water partition coefficient (Wildman–Crippen LogP) is -4.32. The molecule has 2 aliphatic heterocycles. The number of hydrogen-bond donors (Lipinski definition) is 10. The van der Waals surface area contributed by atoms with Crippen molar-refractivity contribution in [1.82, 2.24) is 25.5 Å². The fourth-order valence-corrected chi connectivity index (χ4v) is 8.48. The summed E-state index contributed by atoms with van der Waals surface area (Å²) in [5.41, 5.74) is 3.34. The highest BCUT2D eigenvalue weighted by Crippen LogP contribution is 2.37. The van der Waals surface area contributed by atoms with Crippen LogP contribution in [0.5, 0.6) is 0 Å². The summed E-state index contributed by atoms with van der Waals surface area (Å²) in [6.07, 6.45) is -13.7. The molecule has 6 unspecified atom stereocenters. The molecule has 23 heteroatoms. The molecule has 2 saturated carbocycles. The lowest BCUT2D eigenvalue weighted by molar-refractivity contribution is -0.335. The third-order valence-electron chi connectivity index (χ3n) is 11.8. The molecule has 2 aliphatic carbocycles. The third kappa shape index (κ3) is 11.8. The van der Waals surface area contributed by atoms with Crippen LogP contribution in [0.25, 0.3) is 0 Å². The van der Waals surface area contributed by atoms with Gasteiger partial charge in [0.25, 0.3) is 17.4 Å². The Hall–Kier alpha value is -3.88. The molecule has 4 aliphatic rings. The largest absolute Gasteiger partial charge is 0.469 e. The number of amides is 3. The molecular weight excluding hydrogens is 812 g/mol. The van der Waals surface area contributed by atoms with E-state index < -0.39 is 145 Å². The number of nitrogens with two attached hydrogens (primary N) is 1. The summed E-state index contributed by atoms with van der Waals surface area (Å²) < 4.78 is 36.2. The van der Waals surface area contributed by atoms with Crippen molar-refractivity contribution < 1.29 is 73.1 Å². The van der Waals surface area contributed by atoms with Crippen LogP contribution in [-0.2, 0) is 42.8 Å². The van der Waals surface area contributed by atoms with Crippen LogP contribution in [0.1, 0.15) is 68.8 Å². The highest BCUT2D eigenvalue weighted by Gasteiger charge is 2.53. The maximum atomic E-state index is 13.7. The molecule has 5 rings (SSSR count). The summed E-state index contributed by atoms with van der Waals surface area (Å²) in [5.74, 6) is -3.88. The van der Waals surface area contributed by atoms with Gasteiger partial charge in [0.15, 0.2) is 12.6 Å². The van der Waals surface area contributed by atoms with E-state index in [4.69, 9.17) is 34.2 Å². The highest BCUT2D eigenvalue weighted by molar-refractivity contribution is 5.92. The van der Waals surface area contributed by atoms with Crippen molar-refractivity contribution in [2.24, 2.45) is 17.6 Å². The van der Waals surface area contributed by atoms with Crippen LogP contribution in [0.4, 0.5) is 0 Å². The first-order chi connectivity index (χ1) is 28.9. The second-order valence-electron chi connectivity index (χ2n) is 16.3. The number of aromatic nitrogens is 2. The van der Waals surface area contributed by atoms with Gasteiger partial charge in [0.1, 0.15) is 60.6 Å². The zero-order valence-corrected chi connectivity index (χ0v) is 34.5. The third-order valence-corrected chi connectivity index (χ3v) is 11.8. The first-order valence-electron chi connectivity index (χ1n) is 20.5. The second-order valence-corrected chi connectivity index (χ2v) is 16.3. The van der Waals surface area contributed by atoms with Gasteiger partial charge in [-0.25, -0.2) is 4.79 Å². The molecule has 3 heterocycles. The predicted molar refractivity (Wildman–Crippen MR) is 207 cm³/mol. The molecule has 1 aromatic heterocycles. The molecule has 0 spiro atoms. The Kier molecular flexibility index (Phi) is 16.9. The van der Waals surface area contributed by atoms with Gasteiger partial charge in [0, 0.05) is 20.2 Å². The molecule has 61 heavy (non-hydrogen) atoms. The Bertz CT molecular complexity index is 1750. The van der Waals surface area contributed by atoms with Gasteiger partial charge in [0.2, 0.25) is 5.91 Å². The lowest BCUT2D eigenvalue weighted by Crippen LogP contribution is -2.68. The van der Waals surface area contributed by atoms with E-state index in [2.05, 4.69) is 15.6 Å². The number of aliphatic hydroxyl groups excluding tert-OH is 5. The fraction of sp³-hybridized carbons (Fsp3) is 0.789. The Morgan fingerprint density at radius 1 is 0.918 bits per heavy atom. The normalized spacial score (nSPS) is 35.1. The van der Waals surface area contributed by atoms with Gasteiger partial charge < -0.3 is 80.2 Å². The number of hydrogen-bond acceptors (Lipinski definition) is 18. The minimum atomic E-state index is -1.87. The van der Waals surface area contributed by atoms with Crippen LogP contribution >= 0.6 is 0 Å². The van der Waals surface area contributed by atoms with Gasteiger partial charge in [-0.15, -0.1) is 0 Å². The molecule has 0 radical (unpaired) electrons. The van der Waals surface area contributed by atoms with Crippen molar-refractivity contribution in [3.05, 3.63) is 32.6 Å². The van der Waals surface area contributed by atoms with Crippen molar-refractivity contribution in [1.29, 1.82) is 0 Å². The topological polar surface area (TPSA) is 344 Å². The molecule has 0 bridgehead atoms. The number of esters is 1. The van der Waals surface area contributed by atoms with Gasteiger partial charge >= 0.3 is 11.7 Å². The number of carbonyl (C=O) groups is 4. The summed E-state index contributed by atoms with van der Waals surface area (Å²) in [6, 6.07) is -1.95. The first kappa shape index (κ1) is 48.2. The Morgan fingerprint density at radius 2 is 1.62 bits per heavy atom. The number of aliphatic hydroxyl groups is 5. The molecule has 344 valence electrons. The lowest BCUT2D eigenvalue weighted by Gasteiger charge is -2.49. The van der Waals surface area contributed by atoms with E-state index in [9.17, 15) is 54.3 Å². The minimum absolute atomic E-state index is 0.117. The van der Waals surface area contributed by atoms with Gasteiger partial charge in [-0.05, 0) is 32.1 Å². The first-order valence-corrected chi connectivity index (χ1v) is 20.5. The number of aromatic amines is 2. The number of nitrogens with zero attached hydrogens (tertiary/aromatic N) is 1. The minimum Gasteiger partial charge on any atom is -0.469 e. The van der Waals surface area contributed by atoms with E-state index in [-0.39, 0.29) is 25.2 Å². The average molecular weight is 873 g/mol. The molecule has 15 atom stereocenters. The van der Waals surface area contributed by atoms with E-state index in [1.807, 2.05) is 4.98 Å². The number of carbonyl (C=O) groups excluding carboxylic acids is 4. The molecular formula is C38H60N6O17. The highest BCUT2D eigenvalue weighted by atomic mass is 16.7. The molecule has 1 aromatic rings. The van der Waals surface area contributed by atoms with Crippen LogP contribution in [0, 0.1) is 11.8 Å². The van der Waals surface area contributed by atoms with Gasteiger partial charge in [0.05, 0.1) is 44.4 Å².